The number of halogens is 1. The van der Waals surface area contributed by atoms with Gasteiger partial charge in [-0.1, -0.05) is 26.0 Å². The lowest BCUT2D eigenvalue weighted by molar-refractivity contribution is -0.116. The largest absolute Gasteiger partial charge is 0.353 e. The third-order valence-corrected chi connectivity index (χ3v) is 6.25. The molecule has 0 bridgehead atoms. The Kier molecular flexibility index (Phi) is 5.88. The van der Waals surface area contributed by atoms with Crippen LogP contribution in [0, 0.1) is 11.7 Å². The monoisotopic (exact) mass is 505 g/mol. The SMILES string of the molecule is CC(C)CC(=O)Nc1cncc(-c2ccc3[nH]nc(-c4cc5c(-c6ccccc6F)nccc5[nH]4)c3n2)c1. The van der Waals surface area contributed by atoms with Crippen LogP contribution in [0.15, 0.2) is 73.2 Å². The van der Waals surface area contributed by atoms with E-state index >= 15 is 0 Å². The smallest absolute Gasteiger partial charge is 0.224 e. The van der Waals surface area contributed by atoms with Crippen LogP contribution in [0.1, 0.15) is 20.3 Å². The van der Waals surface area contributed by atoms with E-state index in [1.807, 2.05) is 44.2 Å². The minimum absolute atomic E-state index is 0.0532. The molecule has 8 nitrogen and oxygen atoms in total. The van der Waals surface area contributed by atoms with Crippen LogP contribution in [0.25, 0.3) is 55.8 Å². The topological polar surface area (TPSA) is 112 Å². The van der Waals surface area contributed by atoms with Crippen molar-refractivity contribution in [3.8, 4) is 33.9 Å². The number of hydrogen-bond donors (Lipinski definition) is 3. The lowest BCUT2D eigenvalue weighted by Gasteiger charge is -2.08. The Labute approximate surface area is 217 Å². The lowest BCUT2D eigenvalue weighted by atomic mass is 10.1. The molecule has 5 aromatic heterocycles. The summed E-state index contributed by atoms with van der Waals surface area (Å²) in [6, 6.07) is 16.0. The van der Waals surface area contributed by atoms with Gasteiger partial charge in [-0.25, -0.2) is 9.37 Å². The molecule has 0 aliphatic heterocycles. The standard InChI is InChI=1S/C29H24FN7O/c1-16(2)11-26(38)33-18-12-17(14-31-15-18)22-7-8-24-28(35-22)29(37-36-24)25-13-20-23(34-25)9-10-32-27(20)19-5-3-4-6-21(19)30/h3-10,12-16,34H,11H2,1-2H3,(H,33,38)(H,36,37). The van der Waals surface area contributed by atoms with Gasteiger partial charge in [-0.3, -0.25) is 19.9 Å². The van der Waals surface area contributed by atoms with E-state index in [2.05, 4.69) is 30.5 Å². The van der Waals surface area contributed by atoms with Gasteiger partial charge in [-0.15, -0.1) is 0 Å². The number of aromatic amines is 2. The maximum absolute atomic E-state index is 14.5. The second kappa shape index (κ2) is 9.51. The summed E-state index contributed by atoms with van der Waals surface area (Å²) in [5, 5.41) is 11.2. The first-order valence-electron chi connectivity index (χ1n) is 12.3. The molecular weight excluding hydrogens is 481 g/mol. The third-order valence-electron chi connectivity index (χ3n) is 6.25. The number of anilines is 1. The Hall–Kier alpha value is -4.92. The molecule has 188 valence electrons. The zero-order valence-corrected chi connectivity index (χ0v) is 20.8. The molecule has 0 radical (unpaired) electrons. The van der Waals surface area contributed by atoms with Crippen LogP contribution in [-0.2, 0) is 4.79 Å². The fourth-order valence-corrected chi connectivity index (χ4v) is 4.53. The van der Waals surface area contributed by atoms with Crippen molar-refractivity contribution in [2.24, 2.45) is 5.92 Å². The predicted molar refractivity (Wildman–Crippen MR) is 146 cm³/mol. The van der Waals surface area contributed by atoms with Crippen molar-refractivity contribution < 1.29 is 9.18 Å². The molecule has 0 aliphatic rings. The summed E-state index contributed by atoms with van der Waals surface area (Å²) in [5.74, 6) is -0.122. The van der Waals surface area contributed by atoms with Crippen molar-refractivity contribution in [2.45, 2.75) is 20.3 Å². The van der Waals surface area contributed by atoms with Crippen molar-refractivity contribution in [1.82, 2.24) is 30.1 Å². The van der Waals surface area contributed by atoms with Crippen LogP contribution in [-0.4, -0.2) is 36.0 Å². The average molecular weight is 506 g/mol. The maximum Gasteiger partial charge on any atom is 0.224 e. The molecule has 1 amide bonds. The van der Waals surface area contributed by atoms with Gasteiger partial charge in [0.25, 0.3) is 0 Å². The number of benzene rings is 1. The van der Waals surface area contributed by atoms with E-state index in [9.17, 15) is 9.18 Å². The van der Waals surface area contributed by atoms with E-state index < -0.39 is 0 Å². The normalized spacial score (nSPS) is 11.5. The van der Waals surface area contributed by atoms with E-state index in [4.69, 9.17) is 4.98 Å². The summed E-state index contributed by atoms with van der Waals surface area (Å²) in [6.45, 7) is 4.00. The summed E-state index contributed by atoms with van der Waals surface area (Å²) in [7, 11) is 0. The van der Waals surface area contributed by atoms with E-state index in [1.165, 1.54) is 6.07 Å². The summed E-state index contributed by atoms with van der Waals surface area (Å²) >= 11 is 0. The van der Waals surface area contributed by atoms with Gasteiger partial charge < -0.3 is 10.3 Å². The van der Waals surface area contributed by atoms with Crippen LogP contribution < -0.4 is 5.32 Å². The summed E-state index contributed by atoms with van der Waals surface area (Å²) < 4.78 is 14.5. The number of pyridine rings is 3. The first kappa shape index (κ1) is 23.5. The van der Waals surface area contributed by atoms with Gasteiger partial charge in [-0.05, 0) is 48.4 Å². The molecule has 6 aromatic rings. The molecule has 3 N–H and O–H groups in total. The van der Waals surface area contributed by atoms with Gasteiger partial charge >= 0.3 is 0 Å². The second-order valence-corrected chi connectivity index (χ2v) is 9.56. The Balaban J connectivity index is 1.39. The van der Waals surface area contributed by atoms with Gasteiger partial charge in [0.15, 0.2) is 0 Å². The van der Waals surface area contributed by atoms with Crippen LogP contribution in [0.3, 0.4) is 0 Å². The summed E-state index contributed by atoms with van der Waals surface area (Å²) in [4.78, 5) is 29.2. The molecule has 0 unspecified atom stereocenters. The third kappa shape index (κ3) is 4.39. The Bertz CT molecular complexity index is 1800. The highest BCUT2D eigenvalue weighted by Gasteiger charge is 2.17. The highest BCUT2D eigenvalue weighted by atomic mass is 19.1. The van der Waals surface area contributed by atoms with E-state index in [0.717, 1.165) is 27.7 Å². The Morgan fingerprint density at radius 2 is 1.89 bits per heavy atom. The van der Waals surface area contributed by atoms with Gasteiger partial charge in [0, 0.05) is 40.8 Å². The average Bonchev–Trinajstić information content (AvgIpc) is 3.52. The van der Waals surface area contributed by atoms with Crippen LogP contribution >= 0.6 is 0 Å². The highest BCUT2D eigenvalue weighted by molar-refractivity contribution is 5.99. The fraction of sp³-hybridized carbons (Fsp3) is 0.138. The molecule has 9 heteroatoms. The zero-order valence-electron chi connectivity index (χ0n) is 20.8. The zero-order chi connectivity index (χ0) is 26.2. The molecule has 0 fully saturated rings. The molecule has 0 spiro atoms. The Morgan fingerprint density at radius 1 is 1.03 bits per heavy atom. The molecule has 0 saturated carbocycles. The predicted octanol–water partition coefficient (Wildman–Crippen LogP) is 6.35. The van der Waals surface area contributed by atoms with Crippen LogP contribution in [0.4, 0.5) is 10.1 Å². The molecule has 0 saturated heterocycles. The van der Waals surface area contributed by atoms with Crippen molar-refractivity contribution in [1.29, 1.82) is 0 Å². The van der Waals surface area contributed by atoms with Gasteiger partial charge in [-0.2, -0.15) is 5.10 Å². The quantitative estimate of drug-likeness (QED) is 0.244. The minimum Gasteiger partial charge on any atom is -0.353 e. The van der Waals surface area contributed by atoms with Crippen molar-refractivity contribution in [3.05, 3.63) is 79.0 Å². The van der Waals surface area contributed by atoms with Crippen LogP contribution in [0.2, 0.25) is 0 Å². The maximum atomic E-state index is 14.5. The van der Waals surface area contributed by atoms with E-state index in [1.54, 1.807) is 36.8 Å². The lowest BCUT2D eigenvalue weighted by Crippen LogP contribution is -2.13. The van der Waals surface area contributed by atoms with E-state index in [-0.39, 0.29) is 17.6 Å². The number of rotatable bonds is 6. The number of carbonyl (C=O) groups excluding carboxylic acids is 1. The molecule has 38 heavy (non-hydrogen) atoms. The number of hydrogen-bond acceptors (Lipinski definition) is 5. The number of carbonyl (C=O) groups is 1. The molecule has 6 rings (SSSR count). The number of H-pyrrole nitrogens is 2. The number of amides is 1. The molecule has 0 aliphatic carbocycles. The van der Waals surface area contributed by atoms with Gasteiger partial charge in [0.1, 0.15) is 17.0 Å². The van der Waals surface area contributed by atoms with Crippen molar-refractivity contribution in [3.63, 3.8) is 0 Å². The summed E-state index contributed by atoms with van der Waals surface area (Å²) in [5.41, 5.74) is 6.68. The second-order valence-electron chi connectivity index (χ2n) is 9.56. The molecule has 0 atom stereocenters. The van der Waals surface area contributed by atoms with Crippen LogP contribution in [0.5, 0.6) is 0 Å². The first-order valence-corrected chi connectivity index (χ1v) is 12.3. The number of nitrogens with one attached hydrogen (secondary N) is 3. The fourth-order valence-electron chi connectivity index (χ4n) is 4.53. The van der Waals surface area contributed by atoms with Gasteiger partial charge in [0.05, 0.1) is 34.5 Å². The number of nitrogens with zero attached hydrogens (tertiary/aromatic N) is 4. The highest BCUT2D eigenvalue weighted by Crippen LogP contribution is 2.34. The van der Waals surface area contributed by atoms with Gasteiger partial charge in [0.2, 0.25) is 5.91 Å². The molecule has 1 aromatic carbocycles. The van der Waals surface area contributed by atoms with Crippen molar-refractivity contribution in [2.75, 3.05) is 5.32 Å². The van der Waals surface area contributed by atoms with E-state index in [0.29, 0.717) is 40.3 Å². The number of fused-ring (bicyclic) bond motifs is 2. The minimum atomic E-state index is -0.331. The molecule has 5 heterocycles. The Morgan fingerprint density at radius 3 is 2.74 bits per heavy atom. The number of aromatic nitrogens is 6. The van der Waals surface area contributed by atoms with Crippen molar-refractivity contribution >= 4 is 33.5 Å². The molecular formula is C29H24FN7O. The summed E-state index contributed by atoms with van der Waals surface area (Å²) in [6.07, 6.45) is 5.42. The first-order chi connectivity index (χ1) is 18.5.